The fourth-order valence-corrected chi connectivity index (χ4v) is 2.93. The van der Waals surface area contributed by atoms with E-state index >= 15 is 0 Å². The Morgan fingerprint density at radius 1 is 1.26 bits per heavy atom. The van der Waals surface area contributed by atoms with Crippen molar-refractivity contribution in [3.63, 3.8) is 0 Å². The van der Waals surface area contributed by atoms with E-state index in [9.17, 15) is 4.79 Å². The fourth-order valence-electron chi connectivity index (χ4n) is 2.93. The maximum absolute atomic E-state index is 10.5. The molecule has 3 rings (SSSR count). The summed E-state index contributed by atoms with van der Waals surface area (Å²) in [5, 5.41) is 8.65. The molecule has 0 unspecified atom stereocenters. The first-order valence-electron chi connectivity index (χ1n) is 8.18. The molecule has 23 heavy (non-hydrogen) atoms. The predicted octanol–water partition coefficient (Wildman–Crippen LogP) is 2.51. The lowest BCUT2D eigenvalue weighted by Crippen LogP contribution is -2.46. The van der Waals surface area contributed by atoms with Crippen molar-refractivity contribution in [2.75, 3.05) is 37.6 Å². The van der Waals surface area contributed by atoms with Gasteiger partial charge in [0.2, 0.25) is 0 Å². The van der Waals surface area contributed by atoms with Gasteiger partial charge in [-0.25, -0.2) is 0 Å². The molecule has 1 aliphatic heterocycles. The van der Waals surface area contributed by atoms with E-state index in [2.05, 4.69) is 21.7 Å². The first-order chi connectivity index (χ1) is 11.1. The average Bonchev–Trinajstić information content (AvgIpc) is 2.95. The van der Waals surface area contributed by atoms with Crippen molar-refractivity contribution in [1.29, 1.82) is 0 Å². The Morgan fingerprint density at radius 2 is 2.04 bits per heavy atom. The van der Waals surface area contributed by atoms with Crippen LogP contribution >= 0.6 is 0 Å². The van der Waals surface area contributed by atoms with Crippen LogP contribution < -0.4 is 4.90 Å². The van der Waals surface area contributed by atoms with Crippen LogP contribution in [0.15, 0.2) is 22.6 Å². The highest BCUT2D eigenvalue weighted by atomic mass is 16.4. The molecular formula is C17H23N3O3. The monoisotopic (exact) mass is 317 g/mol. The van der Waals surface area contributed by atoms with E-state index in [1.54, 1.807) is 0 Å². The molecule has 6 heteroatoms. The van der Waals surface area contributed by atoms with Gasteiger partial charge in [-0.2, -0.15) is 4.98 Å². The van der Waals surface area contributed by atoms with E-state index in [-0.39, 0.29) is 6.42 Å². The Labute approximate surface area is 135 Å². The van der Waals surface area contributed by atoms with Gasteiger partial charge in [-0.15, -0.1) is 0 Å². The van der Waals surface area contributed by atoms with Crippen molar-refractivity contribution < 1.29 is 14.3 Å². The molecule has 0 amide bonds. The molecule has 2 heterocycles. The van der Waals surface area contributed by atoms with Gasteiger partial charge < -0.3 is 14.4 Å². The van der Waals surface area contributed by atoms with E-state index in [1.165, 1.54) is 5.56 Å². The first-order valence-corrected chi connectivity index (χ1v) is 8.18. The molecule has 1 fully saturated rings. The maximum atomic E-state index is 10.5. The molecule has 1 aromatic heterocycles. The van der Waals surface area contributed by atoms with Crippen LogP contribution in [0.25, 0.3) is 11.1 Å². The Morgan fingerprint density at radius 3 is 2.78 bits per heavy atom. The quantitative estimate of drug-likeness (QED) is 0.826. The fraction of sp³-hybridized carbons (Fsp3) is 0.529. The zero-order chi connectivity index (χ0) is 16.2. The first kappa shape index (κ1) is 15.8. The van der Waals surface area contributed by atoms with Crippen molar-refractivity contribution in [2.45, 2.75) is 26.2 Å². The number of carbonyl (C=O) groups is 1. The Balaban J connectivity index is 1.50. The highest BCUT2D eigenvalue weighted by molar-refractivity contribution is 5.75. The number of piperazine rings is 1. The number of hydrogen-bond donors (Lipinski definition) is 1. The van der Waals surface area contributed by atoms with Gasteiger partial charge in [0, 0.05) is 32.6 Å². The summed E-state index contributed by atoms with van der Waals surface area (Å²) in [5.41, 5.74) is 2.93. The molecule has 0 saturated carbocycles. The standard InChI is InChI=1S/C17H23N3O3/c1-13-5-6-15-14(12-13)18-17(23-15)20-10-8-19(9-11-20)7-3-2-4-16(21)22/h5-6,12H,2-4,7-11H2,1H3,(H,21,22). The number of hydrogen-bond acceptors (Lipinski definition) is 5. The van der Waals surface area contributed by atoms with Crippen LogP contribution in [0.3, 0.4) is 0 Å². The van der Waals surface area contributed by atoms with Crippen LogP contribution in [0.2, 0.25) is 0 Å². The van der Waals surface area contributed by atoms with Crippen LogP contribution in [-0.2, 0) is 4.79 Å². The second-order valence-electron chi connectivity index (χ2n) is 6.15. The summed E-state index contributed by atoms with van der Waals surface area (Å²) in [7, 11) is 0. The van der Waals surface area contributed by atoms with Gasteiger partial charge in [0.05, 0.1) is 0 Å². The van der Waals surface area contributed by atoms with Gasteiger partial charge >= 0.3 is 5.97 Å². The van der Waals surface area contributed by atoms with E-state index in [0.29, 0.717) is 6.01 Å². The third-order valence-corrected chi connectivity index (χ3v) is 4.29. The number of carboxylic acids is 1. The van der Waals surface area contributed by atoms with Crippen molar-refractivity contribution in [1.82, 2.24) is 9.88 Å². The minimum atomic E-state index is -0.707. The van der Waals surface area contributed by atoms with Gasteiger partial charge in [-0.1, -0.05) is 6.07 Å². The molecule has 1 saturated heterocycles. The molecule has 0 bridgehead atoms. The molecule has 2 aromatic rings. The van der Waals surface area contributed by atoms with Crippen LogP contribution in [0.5, 0.6) is 0 Å². The number of nitrogens with zero attached hydrogens (tertiary/aromatic N) is 3. The molecule has 1 aromatic carbocycles. The summed E-state index contributed by atoms with van der Waals surface area (Å²) in [4.78, 5) is 19.7. The van der Waals surface area contributed by atoms with Crippen LogP contribution in [0.4, 0.5) is 6.01 Å². The van der Waals surface area contributed by atoms with Gasteiger partial charge in [-0.3, -0.25) is 9.69 Å². The Kier molecular flexibility index (Phi) is 4.81. The maximum Gasteiger partial charge on any atom is 0.303 e. The minimum absolute atomic E-state index is 0.266. The lowest BCUT2D eigenvalue weighted by atomic mass is 10.2. The number of oxazole rings is 1. The second kappa shape index (κ2) is 7.00. The predicted molar refractivity (Wildman–Crippen MR) is 88.9 cm³/mol. The largest absolute Gasteiger partial charge is 0.481 e. The van der Waals surface area contributed by atoms with Crippen LogP contribution in [0.1, 0.15) is 24.8 Å². The van der Waals surface area contributed by atoms with E-state index < -0.39 is 5.97 Å². The van der Waals surface area contributed by atoms with Gasteiger partial charge in [-0.05, 0) is 44.0 Å². The number of anilines is 1. The van der Waals surface area contributed by atoms with Gasteiger partial charge in [0.15, 0.2) is 5.58 Å². The smallest absolute Gasteiger partial charge is 0.303 e. The summed E-state index contributed by atoms with van der Waals surface area (Å²) >= 11 is 0. The van der Waals surface area contributed by atoms with Crippen molar-refractivity contribution in [3.05, 3.63) is 23.8 Å². The SMILES string of the molecule is Cc1ccc2oc(N3CCN(CCCCC(=O)O)CC3)nc2c1. The van der Waals surface area contributed by atoms with E-state index in [1.807, 2.05) is 18.2 Å². The molecule has 1 aliphatic rings. The summed E-state index contributed by atoms with van der Waals surface area (Å²) in [6, 6.07) is 6.75. The van der Waals surface area contributed by atoms with Crippen molar-refractivity contribution in [2.24, 2.45) is 0 Å². The van der Waals surface area contributed by atoms with Gasteiger partial charge in [0.25, 0.3) is 6.01 Å². The molecule has 0 atom stereocenters. The van der Waals surface area contributed by atoms with Crippen LogP contribution in [-0.4, -0.2) is 53.7 Å². The lowest BCUT2D eigenvalue weighted by molar-refractivity contribution is -0.137. The Bertz CT molecular complexity index is 675. The third-order valence-electron chi connectivity index (χ3n) is 4.29. The number of unbranched alkanes of at least 4 members (excludes halogenated alkanes) is 1. The summed E-state index contributed by atoms with van der Waals surface area (Å²) in [5.74, 6) is -0.707. The normalized spacial score (nSPS) is 16.1. The Hall–Kier alpha value is -2.08. The number of aromatic nitrogens is 1. The second-order valence-corrected chi connectivity index (χ2v) is 6.15. The minimum Gasteiger partial charge on any atom is -0.481 e. The van der Waals surface area contributed by atoms with E-state index in [4.69, 9.17) is 9.52 Å². The molecule has 0 aliphatic carbocycles. The zero-order valence-electron chi connectivity index (χ0n) is 13.5. The summed E-state index contributed by atoms with van der Waals surface area (Å²) in [6.07, 6.45) is 1.96. The highest BCUT2D eigenvalue weighted by Gasteiger charge is 2.20. The highest BCUT2D eigenvalue weighted by Crippen LogP contribution is 2.23. The molecule has 1 N–H and O–H groups in total. The van der Waals surface area contributed by atoms with Crippen molar-refractivity contribution in [3.8, 4) is 0 Å². The number of rotatable bonds is 6. The number of aliphatic carboxylic acids is 1. The van der Waals surface area contributed by atoms with E-state index in [0.717, 1.165) is 56.7 Å². The topological polar surface area (TPSA) is 69.8 Å². The molecule has 6 nitrogen and oxygen atoms in total. The zero-order valence-corrected chi connectivity index (χ0v) is 13.5. The number of carboxylic acid groups (broad SMARTS) is 1. The van der Waals surface area contributed by atoms with Gasteiger partial charge in [0.1, 0.15) is 5.52 Å². The van der Waals surface area contributed by atoms with Crippen molar-refractivity contribution >= 4 is 23.1 Å². The molecule has 0 radical (unpaired) electrons. The summed E-state index contributed by atoms with van der Waals surface area (Å²) < 4.78 is 5.85. The average molecular weight is 317 g/mol. The number of fused-ring (bicyclic) bond motifs is 1. The van der Waals surface area contributed by atoms with Crippen LogP contribution in [0, 0.1) is 6.92 Å². The lowest BCUT2D eigenvalue weighted by Gasteiger charge is -2.33. The molecule has 124 valence electrons. The number of benzene rings is 1. The third kappa shape index (κ3) is 4.01. The number of aryl methyl sites for hydroxylation is 1. The molecular weight excluding hydrogens is 294 g/mol. The summed E-state index contributed by atoms with van der Waals surface area (Å²) in [6.45, 7) is 6.73. The molecule has 0 spiro atoms.